The van der Waals surface area contributed by atoms with Crippen molar-refractivity contribution in [2.75, 3.05) is 0 Å². The van der Waals surface area contributed by atoms with E-state index in [2.05, 4.69) is 41.3 Å². The molecule has 0 saturated heterocycles. The summed E-state index contributed by atoms with van der Waals surface area (Å²) in [5.41, 5.74) is -8.81. The van der Waals surface area contributed by atoms with Crippen molar-refractivity contribution in [3.05, 3.63) is 33.9 Å². The lowest BCUT2D eigenvalue weighted by molar-refractivity contribution is -0.667. The molecule has 1 aromatic heterocycles. The van der Waals surface area contributed by atoms with Gasteiger partial charge in [0.25, 0.3) is 0 Å². The highest BCUT2D eigenvalue weighted by atomic mass is 32.3. The Morgan fingerprint density at radius 1 is 0.964 bits per heavy atom. The number of rotatable bonds is 5. The Hall–Kier alpha value is -1.45. The highest BCUT2D eigenvalue weighted by Crippen LogP contribution is 2.36. The zero-order valence-corrected chi connectivity index (χ0v) is 16.5. The SMILES string of the molecule is CCCC[n+]1csc2ccccc21.O=S(=O)([N-]S(=O)(=O)C(F)(F)F)C(F)(F)F. The lowest BCUT2D eigenvalue weighted by Gasteiger charge is -2.22. The van der Waals surface area contributed by atoms with Crippen molar-refractivity contribution in [3.63, 3.8) is 0 Å². The molecule has 0 aliphatic carbocycles. The molecular formula is C13H14F6N2O4S3. The lowest BCUT2D eigenvalue weighted by atomic mass is 10.3. The smallest absolute Gasteiger partial charge is 0.421 e. The van der Waals surface area contributed by atoms with Gasteiger partial charge in [0, 0.05) is 12.5 Å². The molecule has 0 radical (unpaired) electrons. The average Bonchev–Trinajstić information content (AvgIpc) is 2.93. The molecule has 160 valence electrons. The van der Waals surface area contributed by atoms with Crippen LogP contribution in [0.25, 0.3) is 14.3 Å². The van der Waals surface area contributed by atoms with Crippen LogP contribution in [0.5, 0.6) is 0 Å². The quantitative estimate of drug-likeness (QED) is 0.485. The van der Waals surface area contributed by atoms with Gasteiger partial charge in [-0.1, -0.05) is 36.8 Å². The van der Waals surface area contributed by atoms with Crippen molar-refractivity contribution in [2.45, 2.75) is 37.3 Å². The second kappa shape index (κ2) is 8.92. The van der Waals surface area contributed by atoms with Crippen molar-refractivity contribution in [1.82, 2.24) is 0 Å². The van der Waals surface area contributed by atoms with Crippen LogP contribution in [0.4, 0.5) is 26.3 Å². The van der Waals surface area contributed by atoms with Gasteiger partial charge in [-0.05, 0) is 6.07 Å². The van der Waals surface area contributed by atoms with Gasteiger partial charge < -0.3 is 4.13 Å². The maximum absolute atomic E-state index is 11.4. The summed E-state index contributed by atoms with van der Waals surface area (Å²) in [5, 5.41) is 0. The van der Waals surface area contributed by atoms with Gasteiger partial charge >= 0.3 is 11.0 Å². The van der Waals surface area contributed by atoms with E-state index in [9.17, 15) is 43.2 Å². The molecule has 0 aliphatic rings. The molecule has 0 atom stereocenters. The Morgan fingerprint density at radius 3 is 1.93 bits per heavy atom. The molecule has 2 rings (SSSR count). The zero-order chi connectivity index (χ0) is 21.8. The molecule has 15 heteroatoms. The third-order valence-corrected chi connectivity index (χ3v) is 6.71. The Bertz CT molecular complexity index is 955. The van der Waals surface area contributed by atoms with Crippen molar-refractivity contribution in [3.8, 4) is 0 Å². The maximum Gasteiger partial charge on any atom is 0.480 e. The summed E-state index contributed by atoms with van der Waals surface area (Å²) in [4.78, 5) is 0. The van der Waals surface area contributed by atoms with E-state index in [4.69, 9.17) is 0 Å². The van der Waals surface area contributed by atoms with E-state index in [1.54, 1.807) is 0 Å². The molecule has 28 heavy (non-hydrogen) atoms. The molecule has 6 nitrogen and oxygen atoms in total. The van der Waals surface area contributed by atoms with E-state index in [0.717, 1.165) is 10.7 Å². The summed E-state index contributed by atoms with van der Waals surface area (Å²) in [5.74, 6) is 0. The number of hydrogen-bond donors (Lipinski definition) is 0. The van der Waals surface area contributed by atoms with Crippen LogP contribution in [0.3, 0.4) is 0 Å². The Balaban J connectivity index is 0.000000281. The Labute approximate surface area is 160 Å². The molecule has 0 unspecified atom stereocenters. The van der Waals surface area contributed by atoms with E-state index in [1.165, 1.54) is 23.1 Å². The van der Waals surface area contributed by atoms with E-state index >= 15 is 0 Å². The molecule has 0 spiro atoms. The van der Waals surface area contributed by atoms with E-state index in [1.807, 2.05) is 11.3 Å². The van der Waals surface area contributed by atoms with Gasteiger partial charge in [-0.15, -0.1) is 0 Å². The van der Waals surface area contributed by atoms with Gasteiger partial charge in [-0.25, -0.2) is 16.8 Å². The summed E-state index contributed by atoms with van der Waals surface area (Å²) in [6.07, 6.45) is 2.53. The first kappa shape index (κ1) is 24.6. The van der Waals surface area contributed by atoms with Crippen LogP contribution in [0, 0.1) is 0 Å². The lowest BCUT2D eigenvalue weighted by Crippen LogP contribution is -2.31. The highest BCUT2D eigenvalue weighted by molar-refractivity contribution is 8.13. The largest absolute Gasteiger partial charge is 0.480 e. The Kier molecular flexibility index (Phi) is 7.83. The standard InChI is InChI=1S/C11H14NS.C2F6NO4S2/c1-2-3-8-12-9-13-11-7-5-4-6-10(11)12;3-1(4,5)14(10,11)9-15(12,13)2(6,7)8/h4-7,9H,2-3,8H2,1H3;/q+1;-1. The average molecular weight is 472 g/mol. The minimum Gasteiger partial charge on any atom is -0.421 e. The number of aromatic nitrogens is 1. The molecule has 0 amide bonds. The highest BCUT2D eigenvalue weighted by Gasteiger charge is 2.46. The minimum absolute atomic E-state index is 0.778. The number of para-hydroxylation sites is 1. The van der Waals surface area contributed by atoms with Gasteiger partial charge in [-0.2, -0.15) is 30.9 Å². The number of sulfonamides is 2. The van der Waals surface area contributed by atoms with E-state index in [-0.39, 0.29) is 0 Å². The fourth-order valence-corrected chi connectivity index (χ4v) is 4.32. The van der Waals surface area contributed by atoms with Crippen LogP contribution in [-0.2, 0) is 26.6 Å². The molecule has 0 bridgehead atoms. The van der Waals surface area contributed by atoms with Gasteiger partial charge in [0.15, 0.2) is 20.0 Å². The fourth-order valence-electron chi connectivity index (χ4n) is 1.69. The first-order valence-electron chi connectivity index (χ1n) is 7.35. The van der Waals surface area contributed by atoms with Crippen molar-refractivity contribution in [1.29, 1.82) is 0 Å². The fraction of sp³-hybridized carbons (Fsp3) is 0.462. The summed E-state index contributed by atoms with van der Waals surface area (Å²) in [6.45, 7) is 3.38. The molecule has 0 fully saturated rings. The minimum atomic E-state index is -6.72. The van der Waals surface area contributed by atoms with Crippen LogP contribution in [-0.4, -0.2) is 27.9 Å². The maximum atomic E-state index is 11.4. The normalized spacial score (nSPS) is 13.2. The van der Waals surface area contributed by atoms with Crippen LogP contribution in [0.2, 0.25) is 0 Å². The molecule has 0 N–H and O–H groups in total. The van der Waals surface area contributed by atoms with Crippen molar-refractivity contribution in [2.24, 2.45) is 0 Å². The second-order valence-electron chi connectivity index (χ2n) is 5.15. The first-order valence-corrected chi connectivity index (χ1v) is 11.1. The summed E-state index contributed by atoms with van der Waals surface area (Å²) in [7, 11) is -13.4. The van der Waals surface area contributed by atoms with Crippen LogP contribution >= 0.6 is 11.3 Å². The number of unbranched alkanes of at least 4 members (excludes halogenated alkanes) is 1. The summed E-state index contributed by atoms with van der Waals surface area (Å²) >= 11 is 1.83. The molecular weight excluding hydrogens is 458 g/mol. The number of alkyl halides is 6. The zero-order valence-electron chi connectivity index (χ0n) is 14.0. The third-order valence-electron chi connectivity index (χ3n) is 3.02. The van der Waals surface area contributed by atoms with E-state index < -0.39 is 31.1 Å². The van der Waals surface area contributed by atoms with Crippen molar-refractivity contribution >= 4 is 41.6 Å². The van der Waals surface area contributed by atoms with Gasteiger partial charge in [0.05, 0.1) is 0 Å². The third kappa shape index (κ3) is 6.28. The number of nitrogens with zero attached hydrogens (tertiary/aromatic N) is 2. The Morgan fingerprint density at radius 2 is 1.46 bits per heavy atom. The molecule has 0 saturated carbocycles. The molecule has 1 aromatic carbocycles. The van der Waals surface area contributed by atoms with Crippen LogP contribution in [0.15, 0.2) is 29.8 Å². The predicted octanol–water partition coefficient (Wildman–Crippen LogP) is 4.05. The second-order valence-corrected chi connectivity index (χ2v) is 9.46. The molecule has 2 aromatic rings. The number of thiazole rings is 1. The first-order chi connectivity index (χ1) is 12.6. The number of benzene rings is 1. The monoisotopic (exact) mass is 472 g/mol. The topological polar surface area (TPSA) is 86.3 Å². The van der Waals surface area contributed by atoms with Gasteiger partial charge in [0.1, 0.15) is 11.2 Å². The summed E-state index contributed by atoms with van der Waals surface area (Å²) in [6, 6.07) is 8.59. The van der Waals surface area contributed by atoms with Crippen LogP contribution in [0.1, 0.15) is 19.8 Å². The van der Waals surface area contributed by atoms with Crippen molar-refractivity contribution < 1.29 is 47.7 Å². The van der Waals surface area contributed by atoms with Gasteiger partial charge in [0.2, 0.25) is 11.0 Å². The summed E-state index contributed by atoms with van der Waals surface area (Å²) < 4.78 is 113. The predicted molar refractivity (Wildman–Crippen MR) is 90.2 cm³/mol. The molecule has 0 aliphatic heterocycles. The number of halogens is 6. The number of fused-ring (bicyclic) bond motifs is 1. The van der Waals surface area contributed by atoms with Crippen LogP contribution < -0.4 is 4.57 Å². The number of hydrogen-bond acceptors (Lipinski definition) is 5. The molecule has 1 heterocycles. The number of aryl methyl sites for hydroxylation is 1. The van der Waals surface area contributed by atoms with Gasteiger partial charge in [-0.3, -0.25) is 0 Å². The van der Waals surface area contributed by atoms with E-state index in [0.29, 0.717) is 0 Å².